The zero-order valence-corrected chi connectivity index (χ0v) is 17.8. The summed E-state index contributed by atoms with van der Waals surface area (Å²) in [6.07, 6.45) is 0.387. The number of hydrogen-bond acceptors (Lipinski definition) is 7. The Morgan fingerprint density at radius 3 is 2.48 bits per heavy atom. The topological polar surface area (TPSA) is 118 Å². The van der Waals surface area contributed by atoms with Crippen molar-refractivity contribution < 1.29 is 19.1 Å². The highest BCUT2D eigenvalue weighted by molar-refractivity contribution is 5.77. The number of ether oxygens (including phenoxy) is 2. The third-order valence-electron chi connectivity index (χ3n) is 5.10. The number of amides is 2. The van der Waals surface area contributed by atoms with Crippen LogP contribution in [0.1, 0.15) is 30.4 Å². The van der Waals surface area contributed by atoms with Gasteiger partial charge >= 0.3 is 6.09 Å². The summed E-state index contributed by atoms with van der Waals surface area (Å²) in [5, 5.41) is 8.13. The SMILES string of the molecule is CCOC(=O)N1CCN(C(=O)CCc2nnc(Cc3ccccc3OC)[nH]c2=O)CC1. The van der Waals surface area contributed by atoms with Gasteiger partial charge in [-0.1, -0.05) is 18.2 Å². The molecule has 0 spiro atoms. The molecule has 10 nitrogen and oxygen atoms in total. The first-order valence-corrected chi connectivity index (χ1v) is 10.3. The predicted molar refractivity (Wildman–Crippen MR) is 112 cm³/mol. The van der Waals surface area contributed by atoms with E-state index in [1.165, 1.54) is 0 Å². The zero-order valence-electron chi connectivity index (χ0n) is 17.8. The largest absolute Gasteiger partial charge is 0.496 e. The van der Waals surface area contributed by atoms with Gasteiger partial charge in [-0.25, -0.2) is 4.79 Å². The van der Waals surface area contributed by atoms with Gasteiger partial charge in [-0.05, 0) is 13.0 Å². The van der Waals surface area contributed by atoms with E-state index in [0.29, 0.717) is 50.8 Å². The molecule has 1 fully saturated rings. The molecule has 31 heavy (non-hydrogen) atoms. The number of nitrogens with one attached hydrogen (secondary N) is 1. The molecule has 1 aliphatic rings. The molecular formula is C21H27N5O5. The normalized spacial score (nSPS) is 13.7. The first-order chi connectivity index (χ1) is 15.0. The monoisotopic (exact) mass is 429 g/mol. The van der Waals surface area contributed by atoms with Crippen LogP contribution in [0.3, 0.4) is 0 Å². The molecule has 1 saturated heterocycles. The molecule has 0 atom stereocenters. The lowest BCUT2D eigenvalue weighted by Crippen LogP contribution is -2.50. The van der Waals surface area contributed by atoms with Gasteiger partial charge in [-0.2, -0.15) is 0 Å². The van der Waals surface area contributed by atoms with Crippen LogP contribution in [0.25, 0.3) is 0 Å². The summed E-state index contributed by atoms with van der Waals surface area (Å²) in [6, 6.07) is 7.49. The molecular weight excluding hydrogens is 402 g/mol. The fraction of sp³-hybridized carbons (Fsp3) is 0.476. The minimum absolute atomic E-state index is 0.0807. The summed E-state index contributed by atoms with van der Waals surface area (Å²) in [5.74, 6) is 1.06. The van der Waals surface area contributed by atoms with E-state index in [-0.39, 0.29) is 36.1 Å². The van der Waals surface area contributed by atoms with Gasteiger partial charge in [0.25, 0.3) is 5.56 Å². The number of methoxy groups -OCH3 is 1. The lowest BCUT2D eigenvalue weighted by molar-refractivity contribution is -0.132. The molecule has 0 unspecified atom stereocenters. The number of carbonyl (C=O) groups is 2. The average molecular weight is 429 g/mol. The van der Waals surface area contributed by atoms with Gasteiger partial charge in [0.2, 0.25) is 5.91 Å². The molecule has 0 aliphatic carbocycles. The summed E-state index contributed by atoms with van der Waals surface area (Å²) in [7, 11) is 1.59. The summed E-state index contributed by atoms with van der Waals surface area (Å²) in [6.45, 7) is 3.83. The number of benzene rings is 1. The number of carbonyl (C=O) groups excluding carboxylic acids is 2. The molecule has 3 rings (SSSR count). The van der Waals surface area contributed by atoms with Gasteiger partial charge in [0.15, 0.2) is 0 Å². The van der Waals surface area contributed by atoms with Crippen molar-refractivity contribution in [2.24, 2.45) is 0 Å². The van der Waals surface area contributed by atoms with Crippen LogP contribution in [0.2, 0.25) is 0 Å². The van der Waals surface area contributed by atoms with Crippen LogP contribution in [0, 0.1) is 0 Å². The summed E-state index contributed by atoms with van der Waals surface area (Å²) in [5.41, 5.74) is 0.766. The Morgan fingerprint density at radius 2 is 1.81 bits per heavy atom. The number of aryl methyl sites for hydroxylation is 1. The minimum Gasteiger partial charge on any atom is -0.496 e. The van der Waals surface area contributed by atoms with Gasteiger partial charge in [-0.3, -0.25) is 9.59 Å². The van der Waals surface area contributed by atoms with Crippen LogP contribution in [0.4, 0.5) is 4.79 Å². The Morgan fingerprint density at radius 1 is 1.10 bits per heavy atom. The van der Waals surface area contributed by atoms with Crippen LogP contribution < -0.4 is 10.3 Å². The number of H-pyrrole nitrogens is 1. The number of para-hydroxylation sites is 1. The standard InChI is InChI=1S/C21H27N5O5/c1-3-31-21(29)26-12-10-25(11-13-26)19(27)9-8-16-20(28)22-18(24-23-16)14-15-6-4-5-7-17(15)30-2/h4-7H,3,8-14H2,1-2H3,(H,22,24,28). The number of hydrogen-bond donors (Lipinski definition) is 1. The van der Waals surface area contributed by atoms with Gasteiger partial charge in [0.1, 0.15) is 17.3 Å². The van der Waals surface area contributed by atoms with Crippen molar-refractivity contribution in [2.75, 3.05) is 39.9 Å². The van der Waals surface area contributed by atoms with Gasteiger partial charge in [0, 0.05) is 51.0 Å². The zero-order chi connectivity index (χ0) is 22.2. The first kappa shape index (κ1) is 22.3. The van der Waals surface area contributed by atoms with Gasteiger partial charge < -0.3 is 24.3 Å². The fourth-order valence-corrected chi connectivity index (χ4v) is 3.40. The van der Waals surface area contributed by atoms with Crippen LogP contribution in [0.5, 0.6) is 5.75 Å². The molecule has 0 radical (unpaired) electrons. The molecule has 1 N–H and O–H groups in total. The second kappa shape index (κ2) is 10.6. The molecule has 2 heterocycles. The van der Waals surface area contributed by atoms with E-state index in [1.54, 1.807) is 23.8 Å². The lowest BCUT2D eigenvalue weighted by atomic mass is 10.1. The van der Waals surface area contributed by atoms with E-state index in [4.69, 9.17) is 9.47 Å². The van der Waals surface area contributed by atoms with E-state index in [9.17, 15) is 14.4 Å². The number of aromatic nitrogens is 3. The predicted octanol–water partition coefficient (Wildman–Crippen LogP) is 0.998. The second-order valence-corrected chi connectivity index (χ2v) is 7.10. The van der Waals surface area contributed by atoms with E-state index < -0.39 is 0 Å². The molecule has 0 saturated carbocycles. The van der Waals surface area contributed by atoms with Crippen molar-refractivity contribution in [3.8, 4) is 5.75 Å². The van der Waals surface area contributed by atoms with Crippen molar-refractivity contribution in [3.63, 3.8) is 0 Å². The minimum atomic E-state index is -0.357. The second-order valence-electron chi connectivity index (χ2n) is 7.10. The van der Waals surface area contributed by atoms with Gasteiger partial charge in [0.05, 0.1) is 13.7 Å². The van der Waals surface area contributed by atoms with Crippen molar-refractivity contribution in [1.29, 1.82) is 0 Å². The van der Waals surface area contributed by atoms with E-state index in [0.717, 1.165) is 5.56 Å². The first-order valence-electron chi connectivity index (χ1n) is 10.3. The highest BCUT2D eigenvalue weighted by atomic mass is 16.6. The third kappa shape index (κ3) is 5.80. The molecule has 10 heteroatoms. The molecule has 166 valence electrons. The van der Waals surface area contributed by atoms with E-state index >= 15 is 0 Å². The molecule has 0 bridgehead atoms. The highest BCUT2D eigenvalue weighted by Gasteiger charge is 2.24. The quantitative estimate of drug-likeness (QED) is 0.698. The molecule has 1 aromatic carbocycles. The Bertz CT molecular complexity index is 969. The van der Waals surface area contributed by atoms with Crippen LogP contribution in [-0.4, -0.2) is 76.9 Å². The van der Waals surface area contributed by atoms with Gasteiger partial charge in [-0.15, -0.1) is 10.2 Å². The number of aromatic amines is 1. The molecule has 2 amide bonds. The summed E-state index contributed by atoms with van der Waals surface area (Å²) >= 11 is 0. The maximum absolute atomic E-state index is 12.5. The summed E-state index contributed by atoms with van der Waals surface area (Å²) < 4.78 is 10.3. The third-order valence-corrected chi connectivity index (χ3v) is 5.10. The smallest absolute Gasteiger partial charge is 0.409 e. The average Bonchev–Trinajstić information content (AvgIpc) is 2.79. The van der Waals surface area contributed by atoms with Crippen molar-refractivity contribution in [1.82, 2.24) is 25.0 Å². The van der Waals surface area contributed by atoms with Crippen molar-refractivity contribution >= 4 is 12.0 Å². The fourth-order valence-electron chi connectivity index (χ4n) is 3.40. The Kier molecular flexibility index (Phi) is 7.58. The van der Waals surface area contributed by atoms with Crippen molar-refractivity contribution in [2.45, 2.75) is 26.2 Å². The van der Waals surface area contributed by atoms with Crippen LogP contribution >= 0.6 is 0 Å². The maximum Gasteiger partial charge on any atom is 0.409 e. The number of rotatable bonds is 7. The van der Waals surface area contributed by atoms with E-state index in [2.05, 4.69) is 15.2 Å². The maximum atomic E-state index is 12.5. The summed E-state index contributed by atoms with van der Waals surface area (Å²) in [4.78, 5) is 42.6. The Balaban J connectivity index is 1.52. The molecule has 1 aliphatic heterocycles. The van der Waals surface area contributed by atoms with Crippen molar-refractivity contribution in [3.05, 3.63) is 51.7 Å². The molecule has 2 aromatic rings. The highest BCUT2D eigenvalue weighted by Crippen LogP contribution is 2.19. The Hall–Kier alpha value is -3.43. The Labute approximate surface area is 180 Å². The number of nitrogens with zero attached hydrogens (tertiary/aromatic N) is 4. The lowest BCUT2D eigenvalue weighted by Gasteiger charge is -2.34. The van der Waals surface area contributed by atoms with Crippen LogP contribution in [0.15, 0.2) is 29.1 Å². The number of piperazine rings is 1. The van der Waals surface area contributed by atoms with Crippen LogP contribution in [-0.2, 0) is 22.4 Å². The van der Waals surface area contributed by atoms with E-state index in [1.807, 2.05) is 24.3 Å². The molecule has 1 aromatic heterocycles.